The van der Waals surface area contributed by atoms with Crippen molar-refractivity contribution in [3.05, 3.63) is 47.3 Å². The van der Waals surface area contributed by atoms with Crippen molar-refractivity contribution in [1.82, 2.24) is 9.97 Å². The van der Waals surface area contributed by atoms with Crippen molar-refractivity contribution >= 4 is 17.4 Å². The fraction of sp³-hybridized carbons (Fsp3) is 0.353. The van der Waals surface area contributed by atoms with Crippen molar-refractivity contribution in [2.75, 3.05) is 17.6 Å². The predicted octanol–water partition coefficient (Wildman–Crippen LogP) is 2.70. The lowest BCUT2D eigenvalue weighted by Gasteiger charge is -2.18. The van der Waals surface area contributed by atoms with E-state index in [9.17, 15) is 18.0 Å². The summed E-state index contributed by atoms with van der Waals surface area (Å²) in [6, 6.07) is 4.49. The third-order valence-corrected chi connectivity index (χ3v) is 3.87. The third-order valence-electron chi connectivity index (χ3n) is 3.87. The number of nitrogens with zero attached hydrogens (tertiary/aromatic N) is 2. The maximum Gasteiger partial charge on any atom is 0.418 e. The van der Waals surface area contributed by atoms with Gasteiger partial charge in [0.15, 0.2) is 0 Å². The van der Waals surface area contributed by atoms with Crippen molar-refractivity contribution in [1.29, 1.82) is 0 Å². The number of ketones is 1. The highest BCUT2D eigenvalue weighted by Gasteiger charge is 2.37. The van der Waals surface area contributed by atoms with Crippen LogP contribution >= 0.6 is 0 Å². The molecule has 2 rings (SSSR count). The molecule has 26 heavy (non-hydrogen) atoms. The Kier molecular flexibility index (Phi) is 5.81. The maximum atomic E-state index is 13.3. The summed E-state index contributed by atoms with van der Waals surface area (Å²) in [5, 5.41) is 2.86. The molecule has 0 aliphatic heterocycles. The number of rotatable bonds is 6. The number of aromatic nitrogens is 2. The van der Waals surface area contributed by atoms with Gasteiger partial charge in [0, 0.05) is 18.8 Å². The van der Waals surface area contributed by atoms with Gasteiger partial charge in [-0.15, -0.1) is 0 Å². The number of anilines is 2. The molecule has 2 aromatic rings. The summed E-state index contributed by atoms with van der Waals surface area (Å²) in [5.74, 6) is -0.805. The van der Waals surface area contributed by atoms with Gasteiger partial charge in [0.05, 0.1) is 11.1 Å². The van der Waals surface area contributed by atoms with E-state index in [-0.39, 0.29) is 29.2 Å². The summed E-state index contributed by atoms with van der Waals surface area (Å²) < 4.78 is 39.9. The first-order valence-corrected chi connectivity index (χ1v) is 7.94. The SMILES string of the molecule is CC(C)[C@H](N)CNc1ccc(C(F)(F)F)c(C(=O)c2cccnc2N)n1. The van der Waals surface area contributed by atoms with Crippen LogP contribution in [0.3, 0.4) is 0 Å². The molecule has 0 unspecified atom stereocenters. The van der Waals surface area contributed by atoms with Gasteiger partial charge < -0.3 is 16.8 Å². The van der Waals surface area contributed by atoms with Crippen molar-refractivity contribution in [2.45, 2.75) is 26.1 Å². The number of hydrogen-bond donors (Lipinski definition) is 3. The number of nitrogen functional groups attached to an aromatic ring is 1. The lowest BCUT2D eigenvalue weighted by molar-refractivity contribution is -0.138. The average Bonchev–Trinajstić information content (AvgIpc) is 2.58. The van der Waals surface area contributed by atoms with Crippen LogP contribution in [0.2, 0.25) is 0 Å². The van der Waals surface area contributed by atoms with Gasteiger partial charge in [0.2, 0.25) is 5.78 Å². The Balaban J connectivity index is 2.42. The smallest absolute Gasteiger partial charge is 0.383 e. The zero-order valence-corrected chi connectivity index (χ0v) is 14.3. The molecule has 1 atom stereocenters. The van der Waals surface area contributed by atoms with Crippen LogP contribution < -0.4 is 16.8 Å². The van der Waals surface area contributed by atoms with E-state index in [1.165, 1.54) is 24.4 Å². The van der Waals surface area contributed by atoms with Crippen LogP contribution in [0.5, 0.6) is 0 Å². The minimum absolute atomic E-state index is 0.125. The molecule has 0 aliphatic carbocycles. The van der Waals surface area contributed by atoms with E-state index < -0.39 is 23.2 Å². The molecular formula is C17H20F3N5O. The number of carbonyl (C=O) groups is 1. The van der Waals surface area contributed by atoms with Gasteiger partial charge in [-0.2, -0.15) is 13.2 Å². The molecule has 0 aliphatic rings. The van der Waals surface area contributed by atoms with E-state index >= 15 is 0 Å². The quantitative estimate of drug-likeness (QED) is 0.678. The monoisotopic (exact) mass is 367 g/mol. The minimum atomic E-state index is -4.73. The van der Waals surface area contributed by atoms with Crippen LogP contribution in [-0.4, -0.2) is 28.3 Å². The standard InChI is InChI=1S/C17H20F3N5O/c1-9(2)12(21)8-24-13-6-5-11(17(18,19)20)14(25-13)15(26)10-4-3-7-23-16(10)22/h3-7,9,12H,8,21H2,1-2H3,(H2,22,23)(H,24,25)/t12-/m1/s1. The predicted molar refractivity (Wildman–Crippen MR) is 92.6 cm³/mol. The largest absolute Gasteiger partial charge is 0.418 e. The van der Waals surface area contributed by atoms with Gasteiger partial charge in [-0.1, -0.05) is 13.8 Å². The number of alkyl halides is 3. The molecule has 0 radical (unpaired) electrons. The van der Waals surface area contributed by atoms with Crippen molar-refractivity contribution in [3.63, 3.8) is 0 Å². The van der Waals surface area contributed by atoms with Crippen molar-refractivity contribution in [2.24, 2.45) is 11.7 Å². The Bertz CT molecular complexity index is 792. The summed E-state index contributed by atoms with van der Waals surface area (Å²) in [4.78, 5) is 20.2. The molecule has 0 aromatic carbocycles. The first-order valence-electron chi connectivity index (χ1n) is 7.94. The van der Waals surface area contributed by atoms with E-state index in [2.05, 4.69) is 15.3 Å². The van der Waals surface area contributed by atoms with Crippen LogP contribution in [0.1, 0.15) is 35.5 Å². The Hall–Kier alpha value is -2.68. The van der Waals surface area contributed by atoms with Gasteiger partial charge in [-0.05, 0) is 30.2 Å². The Labute approximate surface area is 148 Å². The van der Waals surface area contributed by atoms with Gasteiger partial charge in [0.25, 0.3) is 0 Å². The second-order valence-corrected chi connectivity index (χ2v) is 6.14. The Morgan fingerprint density at radius 2 is 1.96 bits per heavy atom. The number of hydrogen-bond acceptors (Lipinski definition) is 6. The van der Waals surface area contributed by atoms with Crippen LogP contribution in [0.4, 0.5) is 24.8 Å². The fourth-order valence-corrected chi connectivity index (χ4v) is 2.15. The van der Waals surface area contributed by atoms with Gasteiger partial charge in [-0.3, -0.25) is 4.79 Å². The highest BCUT2D eigenvalue weighted by atomic mass is 19.4. The van der Waals surface area contributed by atoms with Crippen LogP contribution in [-0.2, 0) is 6.18 Å². The lowest BCUT2D eigenvalue weighted by Crippen LogP contribution is -2.34. The van der Waals surface area contributed by atoms with E-state index in [1.807, 2.05) is 13.8 Å². The molecule has 140 valence electrons. The van der Waals surface area contributed by atoms with E-state index in [0.29, 0.717) is 6.54 Å². The summed E-state index contributed by atoms with van der Waals surface area (Å²) in [7, 11) is 0. The number of carbonyl (C=O) groups excluding carboxylic acids is 1. The molecular weight excluding hydrogens is 347 g/mol. The molecule has 0 saturated carbocycles. The lowest BCUT2D eigenvalue weighted by atomic mass is 10.0. The van der Waals surface area contributed by atoms with E-state index in [1.54, 1.807) is 0 Å². The topological polar surface area (TPSA) is 107 Å². The number of halogens is 3. The van der Waals surface area contributed by atoms with Gasteiger partial charge in [0.1, 0.15) is 17.3 Å². The second kappa shape index (κ2) is 7.69. The Morgan fingerprint density at radius 3 is 2.54 bits per heavy atom. The molecule has 0 saturated heterocycles. The maximum absolute atomic E-state index is 13.3. The van der Waals surface area contributed by atoms with Gasteiger partial charge in [-0.25, -0.2) is 9.97 Å². The van der Waals surface area contributed by atoms with Crippen LogP contribution in [0, 0.1) is 5.92 Å². The normalized spacial score (nSPS) is 12.9. The summed E-state index contributed by atoms with van der Waals surface area (Å²) in [6.45, 7) is 4.15. The molecule has 0 bridgehead atoms. The first kappa shape index (κ1) is 19.6. The molecule has 0 spiro atoms. The highest BCUT2D eigenvalue weighted by Crippen LogP contribution is 2.33. The number of pyridine rings is 2. The zero-order valence-electron chi connectivity index (χ0n) is 14.3. The fourth-order valence-electron chi connectivity index (χ4n) is 2.15. The molecule has 2 heterocycles. The van der Waals surface area contributed by atoms with E-state index in [0.717, 1.165) is 6.07 Å². The number of nitrogens with two attached hydrogens (primary N) is 2. The van der Waals surface area contributed by atoms with Crippen molar-refractivity contribution in [3.8, 4) is 0 Å². The Morgan fingerprint density at radius 1 is 1.27 bits per heavy atom. The van der Waals surface area contributed by atoms with Crippen molar-refractivity contribution < 1.29 is 18.0 Å². The van der Waals surface area contributed by atoms with Crippen LogP contribution in [0.15, 0.2) is 30.5 Å². The average molecular weight is 367 g/mol. The number of nitrogens with one attached hydrogen (secondary N) is 1. The molecule has 5 N–H and O–H groups in total. The molecule has 9 heteroatoms. The highest BCUT2D eigenvalue weighted by molar-refractivity contribution is 6.11. The summed E-state index contributed by atoms with van der Waals surface area (Å²) >= 11 is 0. The molecule has 0 fully saturated rings. The van der Waals surface area contributed by atoms with Crippen LogP contribution in [0.25, 0.3) is 0 Å². The molecule has 6 nitrogen and oxygen atoms in total. The summed E-state index contributed by atoms with van der Waals surface area (Å²) in [5.41, 5.74) is 9.52. The zero-order chi connectivity index (χ0) is 19.5. The second-order valence-electron chi connectivity index (χ2n) is 6.14. The minimum Gasteiger partial charge on any atom is -0.383 e. The summed E-state index contributed by atoms with van der Waals surface area (Å²) in [6.07, 6.45) is -3.39. The van der Waals surface area contributed by atoms with Gasteiger partial charge >= 0.3 is 6.18 Å². The first-order chi connectivity index (χ1) is 12.1. The third kappa shape index (κ3) is 4.48. The molecule has 0 amide bonds. The molecule has 2 aromatic heterocycles. The van der Waals surface area contributed by atoms with E-state index in [4.69, 9.17) is 11.5 Å².